The third kappa shape index (κ3) is 2.64. The van der Waals surface area contributed by atoms with E-state index in [2.05, 4.69) is 24.8 Å². The fraction of sp³-hybridized carbons (Fsp3) is 0.267. The Bertz CT molecular complexity index is 484. The van der Waals surface area contributed by atoms with Gasteiger partial charge in [-0.05, 0) is 36.5 Å². The van der Waals surface area contributed by atoms with Crippen molar-refractivity contribution in [2.24, 2.45) is 0 Å². The molecule has 0 spiro atoms. The van der Waals surface area contributed by atoms with Gasteiger partial charge in [-0.2, -0.15) is 0 Å². The van der Waals surface area contributed by atoms with Crippen LogP contribution in [0.2, 0.25) is 0 Å². The molecule has 1 aromatic carbocycles. The zero-order chi connectivity index (χ0) is 12.3. The molecule has 0 N–H and O–H groups in total. The molecule has 0 aliphatic heterocycles. The molecule has 2 heteroatoms. The van der Waals surface area contributed by atoms with E-state index in [1.165, 1.54) is 11.1 Å². The van der Waals surface area contributed by atoms with E-state index in [0.29, 0.717) is 12.2 Å². The van der Waals surface area contributed by atoms with Crippen molar-refractivity contribution in [2.45, 2.75) is 26.4 Å². The summed E-state index contributed by atoms with van der Waals surface area (Å²) in [6.07, 6.45) is 6.42. The Morgan fingerprint density at radius 2 is 2.29 bits per heavy atom. The second kappa shape index (κ2) is 5.00. The van der Waals surface area contributed by atoms with Crippen LogP contribution in [0.1, 0.15) is 30.0 Å². The summed E-state index contributed by atoms with van der Waals surface area (Å²) in [7, 11) is 0. The lowest BCUT2D eigenvalue weighted by Gasteiger charge is -2.14. The fourth-order valence-corrected chi connectivity index (χ4v) is 1.93. The molecule has 0 bridgehead atoms. The van der Waals surface area contributed by atoms with Crippen molar-refractivity contribution in [1.29, 1.82) is 0 Å². The lowest BCUT2D eigenvalue weighted by atomic mass is 9.93. The SMILES string of the molecule is C=C(C)C(=O)OCc1cccc2c1C=CCC2. The van der Waals surface area contributed by atoms with Gasteiger partial charge in [0.15, 0.2) is 0 Å². The first-order valence-corrected chi connectivity index (χ1v) is 5.78. The summed E-state index contributed by atoms with van der Waals surface area (Å²) >= 11 is 0. The third-order valence-corrected chi connectivity index (χ3v) is 2.86. The van der Waals surface area contributed by atoms with E-state index in [9.17, 15) is 4.79 Å². The Morgan fingerprint density at radius 3 is 3.06 bits per heavy atom. The largest absolute Gasteiger partial charge is 0.457 e. The van der Waals surface area contributed by atoms with Crippen LogP contribution in [0, 0.1) is 0 Å². The summed E-state index contributed by atoms with van der Waals surface area (Å²) in [6, 6.07) is 6.14. The molecule has 0 atom stereocenters. The van der Waals surface area contributed by atoms with Crippen molar-refractivity contribution in [3.8, 4) is 0 Å². The van der Waals surface area contributed by atoms with Crippen molar-refractivity contribution in [3.63, 3.8) is 0 Å². The first kappa shape index (κ1) is 11.6. The van der Waals surface area contributed by atoms with E-state index in [0.717, 1.165) is 18.4 Å². The fourth-order valence-electron chi connectivity index (χ4n) is 1.93. The van der Waals surface area contributed by atoms with Gasteiger partial charge in [-0.1, -0.05) is 36.9 Å². The molecule has 1 aliphatic carbocycles. The molecule has 0 radical (unpaired) electrons. The summed E-state index contributed by atoms with van der Waals surface area (Å²) in [6.45, 7) is 5.54. The molecule has 2 rings (SSSR count). The number of esters is 1. The zero-order valence-corrected chi connectivity index (χ0v) is 10.0. The van der Waals surface area contributed by atoms with Gasteiger partial charge in [-0.3, -0.25) is 0 Å². The summed E-state index contributed by atoms with van der Waals surface area (Å²) in [5, 5.41) is 0. The number of hydrogen-bond donors (Lipinski definition) is 0. The van der Waals surface area contributed by atoms with Crippen LogP contribution in [0.25, 0.3) is 6.08 Å². The molecule has 88 valence electrons. The number of fused-ring (bicyclic) bond motifs is 1. The highest BCUT2D eigenvalue weighted by Crippen LogP contribution is 2.23. The highest BCUT2D eigenvalue weighted by molar-refractivity contribution is 5.86. The van der Waals surface area contributed by atoms with Gasteiger partial charge in [0.1, 0.15) is 6.61 Å². The Labute approximate surface area is 102 Å². The van der Waals surface area contributed by atoms with E-state index in [4.69, 9.17) is 4.74 Å². The predicted molar refractivity (Wildman–Crippen MR) is 68.4 cm³/mol. The number of carbonyl (C=O) groups excluding carboxylic acids is 1. The van der Waals surface area contributed by atoms with Crippen molar-refractivity contribution in [2.75, 3.05) is 0 Å². The maximum Gasteiger partial charge on any atom is 0.333 e. The maximum atomic E-state index is 11.3. The minimum absolute atomic E-state index is 0.319. The predicted octanol–water partition coefficient (Wildman–Crippen LogP) is 3.27. The molecule has 1 aliphatic rings. The smallest absolute Gasteiger partial charge is 0.333 e. The van der Waals surface area contributed by atoms with Crippen molar-refractivity contribution < 1.29 is 9.53 Å². The molecule has 17 heavy (non-hydrogen) atoms. The number of benzene rings is 1. The molecule has 0 saturated carbocycles. The topological polar surface area (TPSA) is 26.3 Å². The number of rotatable bonds is 3. The molecule has 0 heterocycles. The van der Waals surface area contributed by atoms with Gasteiger partial charge >= 0.3 is 5.97 Å². The summed E-state index contributed by atoms with van der Waals surface area (Å²) in [4.78, 5) is 11.3. The van der Waals surface area contributed by atoms with Crippen LogP contribution in [-0.2, 0) is 22.6 Å². The molecular formula is C15H16O2. The van der Waals surface area contributed by atoms with Gasteiger partial charge in [0.25, 0.3) is 0 Å². The van der Waals surface area contributed by atoms with Crippen molar-refractivity contribution in [3.05, 3.63) is 53.1 Å². The van der Waals surface area contributed by atoms with Crippen LogP contribution in [0.3, 0.4) is 0 Å². The molecule has 1 aromatic rings. The van der Waals surface area contributed by atoms with Crippen molar-refractivity contribution >= 4 is 12.0 Å². The molecule has 0 aromatic heterocycles. The van der Waals surface area contributed by atoms with Crippen LogP contribution in [0.15, 0.2) is 36.4 Å². The second-order valence-corrected chi connectivity index (χ2v) is 4.29. The van der Waals surface area contributed by atoms with Gasteiger partial charge < -0.3 is 4.74 Å². The number of hydrogen-bond acceptors (Lipinski definition) is 2. The molecule has 0 saturated heterocycles. The monoisotopic (exact) mass is 228 g/mol. The first-order chi connectivity index (χ1) is 8.18. The minimum atomic E-state index is -0.331. The molecule has 0 unspecified atom stereocenters. The second-order valence-electron chi connectivity index (χ2n) is 4.29. The molecular weight excluding hydrogens is 212 g/mol. The Kier molecular flexibility index (Phi) is 3.43. The first-order valence-electron chi connectivity index (χ1n) is 5.78. The lowest BCUT2D eigenvalue weighted by molar-refractivity contribution is -0.140. The standard InChI is InChI=1S/C15H16O2/c1-11(2)15(16)17-10-13-8-5-7-12-6-3-4-9-14(12)13/h4-5,7-9H,1,3,6,10H2,2H3. The van der Waals surface area contributed by atoms with Crippen LogP contribution < -0.4 is 0 Å². The van der Waals surface area contributed by atoms with Crippen LogP contribution in [-0.4, -0.2) is 5.97 Å². The van der Waals surface area contributed by atoms with E-state index < -0.39 is 0 Å². The Morgan fingerprint density at radius 1 is 1.47 bits per heavy atom. The van der Waals surface area contributed by atoms with Gasteiger partial charge in [-0.15, -0.1) is 0 Å². The van der Waals surface area contributed by atoms with Crippen molar-refractivity contribution in [1.82, 2.24) is 0 Å². The minimum Gasteiger partial charge on any atom is -0.457 e. The Balaban J connectivity index is 2.15. The summed E-state index contributed by atoms with van der Waals surface area (Å²) in [5.74, 6) is -0.331. The number of ether oxygens (including phenoxy) is 1. The lowest BCUT2D eigenvalue weighted by Crippen LogP contribution is -2.07. The van der Waals surface area contributed by atoms with Gasteiger partial charge in [0.05, 0.1) is 0 Å². The number of carbonyl (C=O) groups is 1. The quantitative estimate of drug-likeness (QED) is 0.586. The van der Waals surface area contributed by atoms with Crippen LogP contribution >= 0.6 is 0 Å². The van der Waals surface area contributed by atoms with Gasteiger partial charge in [0, 0.05) is 5.57 Å². The third-order valence-electron chi connectivity index (χ3n) is 2.86. The van der Waals surface area contributed by atoms with Gasteiger partial charge in [0.2, 0.25) is 0 Å². The van der Waals surface area contributed by atoms with Gasteiger partial charge in [-0.25, -0.2) is 4.79 Å². The highest BCUT2D eigenvalue weighted by atomic mass is 16.5. The molecule has 0 fully saturated rings. The maximum absolute atomic E-state index is 11.3. The highest BCUT2D eigenvalue weighted by Gasteiger charge is 2.10. The van der Waals surface area contributed by atoms with E-state index in [-0.39, 0.29) is 5.97 Å². The average molecular weight is 228 g/mol. The van der Waals surface area contributed by atoms with E-state index in [1.807, 2.05) is 12.1 Å². The zero-order valence-electron chi connectivity index (χ0n) is 10.0. The summed E-state index contributed by atoms with van der Waals surface area (Å²) in [5.41, 5.74) is 4.03. The van der Waals surface area contributed by atoms with E-state index >= 15 is 0 Å². The average Bonchev–Trinajstić information content (AvgIpc) is 2.35. The Hall–Kier alpha value is -1.83. The van der Waals surface area contributed by atoms with E-state index in [1.54, 1.807) is 6.92 Å². The summed E-state index contributed by atoms with van der Waals surface area (Å²) < 4.78 is 5.18. The molecule has 2 nitrogen and oxygen atoms in total. The number of allylic oxidation sites excluding steroid dienone is 1. The molecule has 0 amide bonds. The normalized spacial score (nSPS) is 13.0. The number of aryl methyl sites for hydroxylation is 1. The van der Waals surface area contributed by atoms with Crippen LogP contribution in [0.4, 0.5) is 0 Å². The van der Waals surface area contributed by atoms with Crippen LogP contribution in [0.5, 0.6) is 0 Å².